The Hall–Kier alpha value is -3.38. The maximum atomic E-state index is 11.9. The molecule has 128 valence electrons. The summed E-state index contributed by atoms with van der Waals surface area (Å²) in [5.41, 5.74) is 13.0. The average Bonchev–Trinajstić information content (AvgIpc) is 3.21. The number of benzene rings is 2. The second-order valence-corrected chi connectivity index (χ2v) is 6.57. The number of carbonyl (C=O) groups excluding carboxylic acids is 1. The molecule has 1 amide bonds. The van der Waals surface area contributed by atoms with Crippen LogP contribution in [-0.4, -0.2) is 26.1 Å². The van der Waals surface area contributed by atoms with E-state index in [1.165, 1.54) is 5.56 Å². The second kappa shape index (κ2) is 5.31. The lowest BCUT2D eigenvalue weighted by atomic mass is 9.95. The molecule has 5 rings (SSSR count). The summed E-state index contributed by atoms with van der Waals surface area (Å²) < 4.78 is 0. The number of hydroxylamine groups is 2. The molecule has 0 saturated carbocycles. The van der Waals surface area contributed by atoms with Gasteiger partial charge in [-0.05, 0) is 46.9 Å². The van der Waals surface area contributed by atoms with Gasteiger partial charge in [-0.1, -0.05) is 24.3 Å². The van der Waals surface area contributed by atoms with E-state index in [0.717, 1.165) is 44.5 Å². The largest absolute Gasteiger partial charge is 0.366 e. The van der Waals surface area contributed by atoms with Crippen LogP contribution in [0.5, 0.6) is 0 Å². The standard InChI is InChI=1S/C20H16N4O2/c21-19(25)13-5-6-14(18-12-4-2-1-3-11(12)9-15(13)18)20-22-16-7-8-24(26)10-17(16)23-20/h1-8,26H,9-10H2,(H2,21,25)(H,22,23). The van der Waals surface area contributed by atoms with Crippen LogP contribution in [0.4, 0.5) is 0 Å². The minimum Gasteiger partial charge on any atom is -0.366 e. The topological polar surface area (TPSA) is 95.2 Å². The zero-order valence-electron chi connectivity index (χ0n) is 13.9. The van der Waals surface area contributed by atoms with Crippen LogP contribution in [0.1, 0.15) is 32.9 Å². The fourth-order valence-electron chi connectivity index (χ4n) is 3.86. The van der Waals surface area contributed by atoms with Crippen LogP contribution < -0.4 is 5.73 Å². The number of aromatic nitrogens is 2. The Kier molecular flexibility index (Phi) is 3.05. The molecule has 0 unspecified atom stereocenters. The van der Waals surface area contributed by atoms with Crippen LogP contribution >= 0.6 is 0 Å². The highest BCUT2D eigenvalue weighted by Crippen LogP contribution is 2.44. The van der Waals surface area contributed by atoms with Crippen LogP contribution in [0.25, 0.3) is 28.6 Å². The molecule has 0 bridgehead atoms. The Morgan fingerprint density at radius 2 is 2.04 bits per heavy atom. The Bertz CT molecular complexity index is 1100. The molecule has 6 heteroatoms. The fourth-order valence-corrected chi connectivity index (χ4v) is 3.86. The van der Waals surface area contributed by atoms with E-state index in [1.807, 2.05) is 18.2 Å². The quantitative estimate of drug-likeness (QED) is 0.521. The summed E-state index contributed by atoms with van der Waals surface area (Å²) in [5.74, 6) is 0.303. The van der Waals surface area contributed by atoms with Gasteiger partial charge < -0.3 is 10.7 Å². The maximum absolute atomic E-state index is 11.9. The highest BCUT2D eigenvalue weighted by atomic mass is 16.5. The van der Waals surface area contributed by atoms with Gasteiger partial charge in [0, 0.05) is 17.3 Å². The molecule has 4 N–H and O–H groups in total. The van der Waals surface area contributed by atoms with Crippen molar-refractivity contribution >= 4 is 12.0 Å². The van der Waals surface area contributed by atoms with Crippen molar-refractivity contribution in [2.24, 2.45) is 5.73 Å². The number of aromatic amines is 1. The molecule has 0 fully saturated rings. The SMILES string of the molecule is NC(=O)c1ccc(-c2nc3c([nH]2)CN(O)C=C3)c2c1Cc1ccccc1-2. The molecule has 2 aliphatic rings. The first kappa shape index (κ1) is 14.9. The Labute approximate surface area is 149 Å². The second-order valence-electron chi connectivity index (χ2n) is 6.57. The minimum absolute atomic E-state index is 0.358. The van der Waals surface area contributed by atoms with Gasteiger partial charge in [0.2, 0.25) is 5.91 Å². The van der Waals surface area contributed by atoms with E-state index >= 15 is 0 Å². The van der Waals surface area contributed by atoms with E-state index in [-0.39, 0.29) is 0 Å². The molecule has 6 nitrogen and oxygen atoms in total. The van der Waals surface area contributed by atoms with Crippen molar-refractivity contribution in [3.63, 3.8) is 0 Å². The van der Waals surface area contributed by atoms with Crippen LogP contribution in [0.2, 0.25) is 0 Å². The van der Waals surface area contributed by atoms with Gasteiger partial charge in [-0.25, -0.2) is 4.98 Å². The third-order valence-electron chi connectivity index (χ3n) is 5.02. The fraction of sp³-hybridized carbons (Fsp3) is 0.100. The van der Waals surface area contributed by atoms with Gasteiger partial charge >= 0.3 is 0 Å². The van der Waals surface area contributed by atoms with Gasteiger partial charge in [-0.15, -0.1) is 0 Å². The van der Waals surface area contributed by atoms with Crippen molar-refractivity contribution in [1.82, 2.24) is 15.0 Å². The number of rotatable bonds is 2. The summed E-state index contributed by atoms with van der Waals surface area (Å²) in [6, 6.07) is 11.8. The monoisotopic (exact) mass is 344 g/mol. The number of fused-ring (bicyclic) bond motifs is 4. The number of hydrogen-bond acceptors (Lipinski definition) is 4. The number of amides is 1. The van der Waals surface area contributed by atoms with Gasteiger partial charge in [0.05, 0.1) is 17.9 Å². The molecule has 0 atom stereocenters. The Balaban J connectivity index is 1.74. The van der Waals surface area contributed by atoms with Crippen molar-refractivity contribution in [3.05, 3.63) is 70.7 Å². The Morgan fingerprint density at radius 3 is 2.88 bits per heavy atom. The van der Waals surface area contributed by atoms with Gasteiger partial charge in [-0.2, -0.15) is 0 Å². The molecule has 1 aliphatic carbocycles. The summed E-state index contributed by atoms with van der Waals surface area (Å²) in [7, 11) is 0. The Morgan fingerprint density at radius 1 is 1.19 bits per heavy atom. The van der Waals surface area contributed by atoms with E-state index in [9.17, 15) is 10.0 Å². The van der Waals surface area contributed by atoms with Crippen molar-refractivity contribution < 1.29 is 10.0 Å². The van der Waals surface area contributed by atoms with E-state index in [1.54, 1.807) is 18.3 Å². The number of nitrogens with zero attached hydrogens (tertiary/aromatic N) is 2. The minimum atomic E-state index is -0.418. The van der Waals surface area contributed by atoms with Gasteiger partial charge in [-0.3, -0.25) is 15.1 Å². The van der Waals surface area contributed by atoms with Gasteiger partial charge in [0.1, 0.15) is 5.82 Å². The van der Waals surface area contributed by atoms with E-state index in [2.05, 4.69) is 22.1 Å². The van der Waals surface area contributed by atoms with Crippen molar-refractivity contribution in [2.45, 2.75) is 13.0 Å². The molecule has 1 aliphatic heterocycles. The molecule has 0 radical (unpaired) electrons. The number of primary amides is 1. The van der Waals surface area contributed by atoms with Gasteiger partial charge in [0.25, 0.3) is 0 Å². The smallest absolute Gasteiger partial charge is 0.249 e. The molecule has 2 heterocycles. The molecule has 0 saturated heterocycles. The first-order valence-corrected chi connectivity index (χ1v) is 8.39. The zero-order chi connectivity index (χ0) is 17.8. The summed E-state index contributed by atoms with van der Waals surface area (Å²) in [4.78, 5) is 19.9. The highest BCUT2D eigenvalue weighted by Gasteiger charge is 2.27. The number of nitrogens with two attached hydrogens (primary N) is 1. The summed E-state index contributed by atoms with van der Waals surface area (Å²) >= 11 is 0. The molecule has 1 aromatic heterocycles. The van der Waals surface area contributed by atoms with Crippen molar-refractivity contribution in [3.8, 4) is 22.5 Å². The summed E-state index contributed by atoms with van der Waals surface area (Å²) in [6.45, 7) is 0.358. The predicted octanol–water partition coefficient (Wildman–Crippen LogP) is 2.92. The molecule has 2 aromatic carbocycles. The normalized spacial score (nSPS) is 14.1. The lowest BCUT2D eigenvalue weighted by Gasteiger charge is -2.14. The predicted molar refractivity (Wildman–Crippen MR) is 97.1 cm³/mol. The zero-order valence-corrected chi connectivity index (χ0v) is 13.9. The maximum Gasteiger partial charge on any atom is 0.249 e. The number of carbonyl (C=O) groups is 1. The lowest BCUT2D eigenvalue weighted by molar-refractivity contribution is -0.0504. The van der Waals surface area contributed by atoms with E-state index < -0.39 is 5.91 Å². The third kappa shape index (κ3) is 2.09. The molecular formula is C20H16N4O2. The van der Waals surface area contributed by atoms with Crippen LogP contribution in [0.3, 0.4) is 0 Å². The highest BCUT2D eigenvalue weighted by molar-refractivity contribution is 6.01. The van der Waals surface area contributed by atoms with Crippen molar-refractivity contribution in [2.75, 3.05) is 0 Å². The average molecular weight is 344 g/mol. The van der Waals surface area contributed by atoms with E-state index in [4.69, 9.17) is 5.73 Å². The summed E-state index contributed by atoms with van der Waals surface area (Å²) in [6.07, 6.45) is 4.04. The van der Waals surface area contributed by atoms with Crippen molar-refractivity contribution in [1.29, 1.82) is 0 Å². The molecule has 26 heavy (non-hydrogen) atoms. The van der Waals surface area contributed by atoms with Gasteiger partial charge in [0.15, 0.2) is 0 Å². The van der Waals surface area contributed by atoms with Crippen LogP contribution in [-0.2, 0) is 13.0 Å². The molecule has 0 spiro atoms. The number of nitrogens with one attached hydrogen (secondary N) is 1. The molecular weight excluding hydrogens is 328 g/mol. The lowest BCUT2D eigenvalue weighted by Crippen LogP contribution is -2.14. The first-order valence-electron chi connectivity index (χ1n) is 8.39. The molecule has 3 aromatic rings. The van der Waals surface area contributed by atoms with Crippen LogP contribution in [0.15, 0.2) is 42.6 Å². The van der Waals surface area contributed by atoms with Crippen LogP contribution in [0, 0.1) is 0 Å². The number of H-pyrrole nitrogens is 1. The first-order chi connectivity index (χ1) is 12.6. The van der Waals surface area contributed by atoms with E-state index in [0.29, 0.717) is 18.5 Å². The summed E-state index contributed by atoms with van der Waals surface area (Å²) in [5, 5.41) is 10.8. The third-order valence-corrected chi connectivity index (χ3v) is 5.02. The number of imidazole rings is 1. The number of hydrogen-bond donors (Lipinski definition) is 3.